The number of rotatable bonds is 3. The number of nitrogen functional groups attached to an aromatic ring is 1. The second kappa shape index (κ2) is 6.06. The summed E-state index contributed by atoms with van der Waals surface area (Å²) in [5.41, 5.74) is 6.39. The highest BCUT2D eigenvalue weighted by molar-refractivity contribution is 6.56. The lowest BCUT2D eigenvalue weighted by atomic mass is 9.77. The maximum atomic E-state index is 9.67. The molecule has 0 saturated carbocycles. The largest absolute Gasteiger partial charge is 0.492 e. The molecule has 1 aliphatic rings. The molecule has 1 heterocycles. The van der Waals surface area contributed by atoms with Crippen LogP contribution in [0.2, 0.25) is 10.0 Å². The number of benzene rings is 1. The zero-order chi connectivity index (χ0) is 16.7. The van der Waals surface area contributed by atoms with Crippen LogP contribution in [0.25, 0.3) is 6.08 Å². The van der Waals surface area contributed by atoms with Crippen LogP contribution >= 0.6 is 23.2 Å². The molecule has 1 aliphatic heterocycles. The highest BCUT2D eigenvalue weighted by Gasteiger charge is 2.52. The number of halogens is 2. The summed E-state index contributed by atoms with van der Waals surface area (Å²) in [6.45, 7) is 7.60. The molecule has 0 atom stereocenters. The fourth-order valence-corrected chi connectivity index (χ4v) is 2.47. The Hall–Kier alpha value is -0.715. The first kappa shape index (κ1) is 17.6. The molecule has 7 heteroatoms. The van der Waals surface area contributed by atoms with E-state index in [1.165, 1.54) is 0 Å². The summed E-state index contributed by atoms with van der Waals surface area (Å²) >= 11 is 12.2. The van der Waals surface area contributed by atoms with E-state index in [1.54, 1.807) is 18.2 Å². The third kappa shape index (κ3) is 3.29. The van der Waals surface area contributed by atoms with Crippen LogP contribution in [0.3, 0.4) is 0 Å². The Morgan fingerprint density at radius 2 is 1.73 bits per heavy atom. The summed E-state index contributed by atoms with van der Waals surface area (Å²) in [6.07, 6.45) is 1.72. The minimum Gasteiger partial charge on any atom is -0.400 e. The first-order chi connectivity index (χ1) is 10.1. The third-order valence-corrected chi connectivity index (χ3v) is 4.85. The summed E-state index contributed by atoms with van der Waals surface area (Å²) in [4.78, 5) is 0. The average Bonchev–Trinajstić information content (AvgIpc) is 2.61. The molecule has 0 spiro atoms. The standard InChI is InChI=1S/C15H20BCl2NO3/c1-14(2)15(3,4)22-16(21-14)10(8-20)5-9-6-12(18)13(19)7-11(9)17/h5-7,20H,8,19H2,1-4H3. The SMILES string of the molecule is CC1(C)OB(C(=Cc2cc(Cl)c(N)cc2Cl)CO)OC1(C)C. The average molecular weight is 344 g/mol. The molecule has 0 amide bonds. The number of hydrogen-bond acceptors (Lipinski definition) is 4. The molecule has 0 aromatic heterocycles. The van der Waals surface area contributed by atoms with Crippen LogP contribution in [0, 0.1) is 0 Å². The Morgan fingerprint density at radius 1 is 1.18 bits per heavy atom. The number of aliphatic hydroxyl groups excluding tert-OH is 1. The summed E-state index contributed by atoms with van der Waals surface area (Å²) in [5.74, 6) is 0. The van der Waals surface area contributed by atoms with E-state index in [0.29, 0.717) is 26.8 Å². The van der Waals surface area contributed by atoms with Gasteiger partial charge in [-0.15, -0.1) is 0 Å². The smallest absolute Gasteiger partial charge is 0.400 e. The van der Waals surface area contributed by atoms with Crippen molar-refractivity contribution in [2.75, 3.05) is 12.3 Å². The van der Waals surface area contributed by atoms with Crippen molar-refractivity contribution in [1.82, 2.24) is 0 Å². The van der Waals surface area contributed by atoms with Gasteiger partial charge >= 0.3 is 7.12 Å². The topological polar surface area (TPSA) is 64.7 Å². The number of hydrogen-bond donors (Lipinski definition) is 2. The van der Waals surface area contributed by atoms with Gasteiger partial charge in [0, 0.05) is 5.02 Å². The molecule has 1 aromatic rings. The highest BCUT2D eigenvalue weighted by atomic mass is 35.5. The molecular weight excluding hydrogens is 324 g/mol. The fourth-order valence-electron chi connectivity index (χ4n) is 2.07. The maximum Gasteiger partial charge on any atom is 0.492 e. The van der Waals surface area contributed by atoms with Gasteiger partial charge in [0.2, 0.25) is 0 Å². The molecule has 0 radical (unpaired) electrons. The van der Waals surface area contributed by atoms with Crippen LogP contribution in [-0.2, 0) is 9.31 Å². The second-order valence-corrected chi connectivity index (χ2v) is 7.18. The fraction of sp³-hybridized carbons (Fsp3) is 0.467. The van der Waals surface area contributed by atoms with E-state index in [9.17, 15) is 5.11 Å². The van der Waals surface area contributed by atoms with Gasteiger partial charge in [0.15, 0.2) is 0 Å². The Morgan fingerprint density at radius 3 is 2.23 bits per heavy atom. The van der Waals surface area contributed by atoms with Crippen molar-refractivity contribution in [3.63, 3.8) is 0 Å². The van der Waals surface area contributed by atoms with Crippen molar-refractivity contribution < 1.29 is 14.4 Å². The van der Waals surface area contributed by atoms with Crippen molar-refractivity contribution in [2.45, 2.75) is 38.9 Å². The third-order valence-electron chi connectivity index (χ3n) is 4.20. The molecule has 1 saturated heterocycles. The first-order valence-corrected chi connectivity index (χ1v) is 7.74. The molecule has 22 heavy (non-hydrogen) atoms. The summed E-state index contributed by atoms with van der Waals surface area (Å²) in [6, 6.07) is 3.23. The van der Waals surface area contributed by atoms with E-state index in [1.807, 2.05) is 27.7 Å². The van der Waals surface area contributed by atoms with Crippen molar-refractivity contribution in [3.05, 3.63) is 33.2 Å². The molecule has 0 aliphatic carbocycles. The molecule has 0 bridgehead atoms. The lowest BCUT2D eigenvalue weighted by molar-refractivity contribution is 0.00578. The second-order valence-electron chi connectivity index (χ2n) is 6.36. The Bertz CT molecular complexity index is 601. The van der Waals surface area contributed by atoms with E-state index in [-0.39, 0.29) is 6.61 Å². The molecule has 1 aromatic carbocycles. The zero-order valence-electron chi connectivity index (χ0n) is 13.1. The molecule has 0 unspecified atom stereocenters. The van der Waals surface area contributed by atoms with E-state index in [4.69, 9.17) is 38.2 Å². The van der Waals surface area contributed by atoms with Crippen LogP contribution in [0.1, 0.15) is 33.3 Å². The van der Waals surface area contributed by atoms with E-state index < -0.39 is 18.3 Å². The van der Waals surface area contributed by atoms with Crippen LogP contribution in [-0.4, -0.2) is 30.0 Å². The van der Waals surface area contributed by atoms with Gasteiger partial charge in [0.1, 0.15) is 0 Å². The predicted molar refractivity (Wildman–Crippen MR) is 92.0 cm³/mol. The van der Waals surface area contributed by atoms with Crippen molar-refractivity contribution >= 4 is 42.1 Å². The Kier molecular flexibility index (Phi) is 4.86. The van der Waals surface area contributed by atoms with Gasteiger partial charge in [-0.3, -0.25) is 0 Å². The number of anilines is 1. The molecule has 4 nitrogen and oxygen atoms in total. The van der Waals surface area contributed by atoms with E-state index in [2.05, 4.69) is 0 Å². The molecule has 2 rings (SSSR count). The highest BCUT2D eigenvalue weighted by Crippen LogP contribution is 2.39. The maximum absolute atomic E-state index is 9.67. The van der Waals surface area contributed by atoms with Crippen LogP contribution in [0.5, 0.6) is 0 Å². The van der Waals surface area contributed by atoms with Gasteiger partial charge in [-0.2, -0.15) is 0 Å². The monoisotopic (exact) mass is 343 g/mol. The molecule has 3 N–H and O–H groups in total. The van der Waals surface area contributed by atoms with Gasteiger partial charge in [0.05, 0.1) is 28.5 Å². The normalized spacial score (nSPS) is 20.5. The minimum atomic E-state index is -0.637. The van der Waals surface area contributed by atoms with Gasteiger partial charge < -0.3 is 20.1 Å². The van der Waals surface area contributed by atoms with Gasteiger partial charge in [-0.1, -0.05) is 29.3 Å². The van der Waals surface area contributed by atoms with E-state index >= 15 is 0 Å². The molecule has 120 valence electrons. The van der Waals surface area contributed by atoms with Crippen molar-refractivity contribution in [1.29, 1.82) is 0 Å². The zero-order valence-corrected chi connectivity index (χ0v) is 14.6. The summed E-state index contributed by atoms with van der Waals surface area (Å²) in [7, 11) is -0.637. The summed E-state index contributed by atoms with van der Waals surface area (Å²) in [5, 5.41) is 10.5. The first-order valence-electron chi connectivity index (χ1n) is 6.99. The van der Waals surface area contributed by atoms with Gasteiger partial charge in [-0.05, 0) is 50.9 Å². The Balaban J connectivity index is 2.36. The Labute approximate surface area is 141 Å². The van der Waals surface area contributed by atoms with Crippen molar-refractivity contribution in [2.24, 2.45) is 0 Å². The quantitative estimate of drug-likeness (QED) is 0.650. The van der Waals surface area contributed by atoms with Gasteiger partial charge in [-0.25, -0.2) is 0 Å². The van der Waals surface area contributed by atoms with Crippen LogP contribution in [0.15, 0.2) is 17.6 Å². The van der Waals surface area contributed by atoms with Crippen LogP contribution < -0.4 is 5.73 Å². The number of aliphatic hydroxyl groups is 1. The predicted octanol–water partition coefficient (Wildman–Crippen LogP) is 3.58. The lowest BCUT2D eigenvalue weighted by Crippen LogP contribution is -2.41. The van der Waals surface area contributed by atoms with Crippen molar-refractivity contribution in [3.8, 4) is 0 Å². The minimum absolute atomic E-state index is 0.213. The number of nitrogens with two attached hydrogens (primary N) is 1. The molecular formula is C15H20BCl2NO3. The lowest BCUT2D eigenvalue weighted by Gasteiger charge is -2.32. The summed E-state index contributed by atoms with van der Waals surface area (Å²) < 4.78 is 11.9. The van der Waals surface area contributed by atoms with Gasteiger partial charge in [0.25, 0.3) is 0 Å². The van der Waals surface area contributed by atoms with Crippen LogP contribution in [0.4, 0.5) is 5.69 Å². The molecule has 1 fully saturated rings. The van der Waals surface area contributed by atoms with E-state index in [0.717, 1.165) is 0 Å².